The molecule has 4 heteroatoms. The molecule has 3 aromatic rings. The van der Waals surface area contributed by atoms with E-state index in [4.69, 9.17) is 7.85 Å². The molecule has 0 N–H and O–H groups in total. The average molecular weight is 243 g/mol. The van der Waals surface area contributed by atoms with Gasteiger partial charge in [-0.2, -0.15) is 0 Å². The van der Waals surface area contributed by atoms with Crippen LogP contribution in [0.3, 0.4) is 0 Å². The van der Waals surface area contributed by atoms with E-state index in [1.165, 1.54) is 0 Å². The lowest BCUT2D eigenvalue weighted by Gasteiger charge is -2.06. The van der Waals surface area contributed by atoms with Crippen LogP contribution in [0.15, 0.2) is 60.9 Å². The molecule has 19 heavy (non-hydrogen) atoms. The molecule has 0 aromatic carbocycles. The van der Waals surface area contributed by atoms with Crippen LogP contribution >= 0.6 is 0 Å². The normalized spacial score (nSPS) is 10.3. The molecule has 3 aromatic heterocycles. The Bertz CT molecular complexity index is 627. The van der Waals surface area contributed by atoms with E-state index < -0.39 is 0 Å². The van der Waals surface area contributed by atoms with Crippen LogP contribution in [0.4, 0.5) is 0 Å². The Kier molecular flexibility index (Phi) is 3.06. The maximum absolute atomic E-state index is 5.94. The molecule has 0 saturated carbocycles. The number of aromatic nitrogens is 3. The lowest BCUT2D eigenvalue weighted by atomic mass is 9.94. The predicted molar refractivity (Wildman–Crippen MR) is 76.1 cm³/mol. The second-order valence-corrected chi connectivity index (χ2v) is 4.10. The zero-order chi connectivity index (χ0) is 13.1. The Hall–Kier alpha value is -2.49. The summed E-state index contributed by atoms with van der Waals surface area (Å²) in [7, 11) is 5.94. The van der Waals surface area contributed by atoms with E-state index >= 15 is 0 Å². The molecule has 0 spiro atoms. The van der Waals surface area contributed by atoms with Crippen molar-refractivity contribution in [2.24, 2.45) is 0 Å². The van der Waals surface area contributed by atoms with E-state index in [0.717, 1.165) is 22.8 Å². The van der Waals surface area contributed by atoms with Crippen LogP contribution in [0.5, 0.6) is 0 Å². The highest BCUT2D eigenvalue weighted by Crippen LogP contribution is 2.18. The molecule has 2 radical (unpaired) electrons. The molecule has 0 unspecified atom stereocenters. The van der Waals surface area contributed by atoms with Crippen molar-refractivity contribution in [3.63, 3.8) is 0 Å². The maximum Gasteiger partial charge on any atom is 0.114 e. The van der Waals surface area contributed by atoms with Crippen LogP contribution in [-0.2, 0) is 0 Å². The molecule has 0 aliphatic rings. The van der Waals surface area contributed by atoms with E-state index in [2.05, 4.69) is 15.0 Å². The molecular weight excluding hydrogens is 233 g/mol. The summed E-state index contributed by atoms with van der Waals surface area (Å²) < 4.78 is 0. The topological polar surface area (TPSA) is 38.7 Å². The molecule has 0 saturated heterocycles. The predicted octanol–water partition coefficient (Wildman–Crippen LogP) is 2.00. The standard InChI is InChI=1S/C15H10BN3/c16-11-9-14(12-5-1-3-7-17-12)19-15(10-11)13-6-2-4-8-18-13/h1-10H. The van der Waals surface area contributed by atoms with Crippen LogP contribution in [0.2, 0.25) is 0 Å². The SMILES string of the molecule is [B]c1cc(-c2ccccn2)nc(-c2ccccn2)c1. The van der Waals surface area contributed by atoms with Gasteiger partial charge in [-0.15, -0.1) is 0 Å². The molecule has 3 rings (SSSR count). The summed E-state index contributed by atoms with van der Waals surface area (Å²) in [5.41, 5.74) is 3.75. The van der Waals surface area contributed by atoms with Gasteiger partial charge in [-0.05, 0) is 36.4 Å². The van der Waals surface area contributed by atoms with Gasteiger partial charge in [0.05, 0.1) is 22.8 Å². The molecule has 0 fully saturated rings. The second kappa shape index (κ2) is 5.02. The lowest BCUT2D eigenvalue weighted by Crippen LogP contribution is -2.06. The number of nitrogens with zero attached hydrogens (tertiary/aromatic N) is 3. The van der Waals surface area contributed by atoms with E-state index in [1.54, 1.807) is 12.4 Å². The highest BCUT2D eigenvalue weighted by molar-refractivity contribution is 6.32. The first-order valence-corrected chi connectivity index (χ1v) is 5.93. The van der Waals surface area contributed by atoms with Gasteiger partial charge in [0.1, 0.15) is 7.85 Å². The summed E-state index contributed by atoms with van der Waals surface area (Å²) in [5.74, 6) is 0. The molecule has 0 bridgehead atoms. The van der Waals surface area contributed by atoms with Crippen molar-refractivity contribution in [3.8, 4) is 22.8 Å². The zero-order valence-electron chi connectivity index (χ0n) is 10.2. The van der Waals surface area contributed by atoms with Crippen molar-refractivity contribution >= 4 is 13.3 Å². The van der Waals surface area contributed by atoms with E-state index in [-0.39, 0.29) is 0 Å². The first-order chi connectivity index (χ1) is 9.33. The largest absolute Gasteiger partial charge is 0.255 e. The van der Waals surface area contributed by atoms with Crippen LogP contribution < -0.4 is 5.46 Å². The van der Waals surface area contributed by atoms with Crippen LogP contribution in [0.25, 0.3) is 22.8 Å². The van der Waals surface area contributed by atoms with Crippen molar-refractivity contribution in [2.75, 3.05) is 0 Å². The molecule has 0 aliphatic heterocycles. The molecule has 88 valence electrons. The van der Waals surface area contributed by atoms with Gasteiger partial charge in [0.2, 0.25) is 0 Å². The monoisotopic (exact) mass is 243 g/mol. The second-order valence-electron chi connectivity index (χ2n) is 4.10. The fourth-order valence-corrected chi connectivity index (χ4v) is 1.84. The van der Waals surface area contributed by atoms with Gasteiger partial charge < -0.3 is 0 Å². The van der Waals surface area contributed by atoms with Gasteiger partial charge in [0, 0.05) is 12.4 Å². The Morgan fingerprint density at radius 3 is 1.63 bits per heavy atom. The molecule has 0 amide bonds. The quantitative estimate of drug-likeness (QED) is 0.646. The molecule has 0 atom stereocenters. The van der Waals surface area contributed by atoms with Crippen molar-refractivity contribution in [2.45, 2.75) is 0 Å². The summed E-state index contributed by atoms with van der Waals surface area (Å²) in [5, 5.41) is 0. The average Bonchev–Trinajstić information content (AvgIpc) is 2.48. The van der Waals surface area contributed by atoms with Crippen LogP contribution in [0.1, 0.15) is 0 Å². The summed E-state index contributed by atoms with van der Waals surface area (Å²) in [6.45, 7) is 0. The molecule has 3 nitrogen and oxygen atoms in total. The molecule has 0 aliphatic carbocycles. The highest BCUT2D eigenvalue weighted by atomic mass is 14.8. The number of rotatable bonds is 2. The Balaban J connectivity index is 2.12. The minimum Gasteiger partial charge on any atom is -0.255 e. The van der Waals surface area contributed by atoms with Crippen molar-refractivity contribution in [1.29, 1.82) is 0 Å². The summed E-state index contributed by atoms with van der Waals surface area (Å²) in [6, 6.07) is 15.0. The van der Waals surface area contributed by atoms with Gasteiger partial charge >= 0.3 is 0 Å². The first kappa shape index (κ1) is 11.6. The third-order valence-electron chi connectivity index (χ3n) is 2.70. The summed E-state index contributed by atoms with van der Waals surface area (Å²) in [4.78, 5) is 13.1. The fraction of sp³-hybridized carbons (Fsp3) is 0. The molecular formula is C15H10BN3. The fourth-order valence-electron chi connectivity index (χ4n) is 1.84. The van der Waals surface area contributed by atoms with E-state index in [9.17, 15) is 0 Å². The van der Waals surface area contributed by atoms with E-state index in [1.807, 2.05) is 48.5 Å². The zero-order valence-corrected chi connectivity index (χ0v) is 10.2. The Morgan fingerprint density at radius 2 is 1.21 bits per heavy atom. The Morgan fingerprint density at radius 1 is 0.684 bits per heavy atom. The summed E-state index contributed by atoms with van der Waals surface area (Å²) in [6.07, 6.45) is 3.47. The molecule has 3 heterocycles. The van der Waals surface area contributed by atoms with Crippen molar-refractivity contribution < 1.29 is 0 Å². The van der Waals surface area contributed by atoms with Gasteiger partial charge in [-0.25, -0.2) is 4.98 Å². The van der Waals surface area contributed by atoms with Crippen LogP contribution in [0, 0.1) is 0 Å². The number of hydrogen-bond acceptors (Lipinski definition) is 3. The third kappa shape index (κ3) is 2.52. The summed E-state index contributed by atoms with van der Waals surface area (Å²) >= 11 is 0. The smallest absolute Gasteiger partial charge is 0.114 e. The number of pyridine rings is 3. The van der Waals surface area contributed by atoms with Crippen molar-refractivity contribution in [1.82, 2.24) is 15.0 Å². The van der Waals surface area contributed by atoms with Crippen molar-refractivity contribution in [3.05, 3.63) is 60.9 Å². The van der Waals surface area contributed by atoms with Gasteiger partial charge in [0.25, 0.3) is 0 Å². The van der Waals surface area contributed by atoms with Gasteiger partial charge in [0.15, 0.2) is 0 Å². The van der Waals surface area contributed by atoms with Gasteiger partial charge in [-0.3, -0.25) is 9.97 Å². The number of hydrogen-bond donors (Lipinski definition) is 0. The maximum atomic E-state index is 5.94. The van der Waals surface area contributed by atoms with Gasteiger partial charge in [-0.1, -0.05) is 17.6 Å². The first-order valence-electron chi connectivity index (χ1n) is 5.93. The minimum atomic E-state index is 0.649. The third-order valence-corrected chi connectivity index (χ3v) is 2.70. The lowest BCUT2D eigenvalue weighted by molar-refractivity contribution is 1.22. The van der Waals surface area contributed by atoms with Crippen LogP contribution in [-0.4, -0.2) is 22.8 Å². The highest BCUT2D eigenvalue weighted by Gasteiger charge is 2.06. The Labute approximate surface area is 112 Å². The minimum absolute atomic E-state index is 0.649. The van der Waals surface area contributed by atoms with E-state index in [0.29, 0.717) is 5.46 Å².